The molecule has 0 atom stereocenters. The molecule has 0 aliphatic heterocycles. The minimum atomic E-state index is 0.744. The summed E-state index contributed by atoms with van der Waals surface area (Å²) >= 11 is 0. The second-order valence-electron chi connectivity index (χ2n) is 3.81. The van der Waals surface area contributed by atoms with E-state index in [2.05, 4.69) is 45.5 Å². The van der Waals surface area contributed by atoms with Crippen molar-refractivity contribution < 1.29 is 0 Å². The first-order chi connectivity index (χ1) is 7.79. The van der Waals surface area contributed by atoms with Crippen molar-refractivity contribution in [2.24, 2.45) is 7.05 Å². The summed E-state index contributed by atoms with van der Waals surface area (Å²) in [6, 6.07) is 2.13. The van der Waals surface area contributed by atoms with E-state index in [1.807, 2.05) is 11.6 Å². The molecular formula is C11H17N5. The van der Waals surface area contributed by atoms with Gasteiger partial charge in [0.15, 0.2) is 0 Å². The highest BCUT2D eigenvalue weighted by Crippen LogP contribution is 2.01. The monoisotopic (exact) mass is 219 g/mol. The van der Waals surface area contributed by atoms with E-state index in [9.17, 15) is 0 Å². The maximum atomic E-state index is 4.01. The van der Waals surface area contributed by atoms with Gasteiger partial charge in [0.2, 0.25) is 0 Å². The number of nitrogens with zero attached hydrogens (tertiary/aromatic N) is 4. The van der Waals surface area contributed by atoms with Gasteiger partial charge in [-0.3, -0.25) is 0 Å². The highest BCUT2D eigenvalue weighted by molar-refractivity contribution is 5.09. The van der Waals surface area contributed by atoms with Gasteiger partial charge in [-0.25, -0.2) is 0 Å². The van der Waals surface area contributed by atoms with E-state index in [1.54, 1.807) is 6.33 Å². The van der Waals surface area contributed by atoms with Crippen LogP contribution in [0.15, 0.2) is 24.8 Å². The average molecular weight is 219 g/mol. The van der Waals surface area contributed by atoms with Crippen LogP contribution in [-0.2, 0) is 26.7 Å². The summed E-state index contributed by atoms with van der Waals surface area (Å²) in [6.07, 6.45) is 5.97. The van der Waals surface area contributed by atoms with Gasteiger partial charge in [-0.1, -0.05) is 0 Å². The van der Waals surface area contributed by atoms with Crippen molar-refractivity contribution >= 4 is 0 Å². The van der Waals surface area contributed by atoms with Gasteiger partial charge in [0, 0.05) is 32.5 Å². The molecule has 86 valence electrons. The summed E-state index contributed by atoms with van der Waals surface area (Å²) in [5.74, 6) is 0.954. The highest BCUT2D eigenvalue weighted by Gasteiger charge is 2.00. The van der Waals surface area contributed by atoms with E-state index in [4.69, 9.17) is 0 Å². The SMILES string of the molecule is CCn1ccc(CNCc2nncn2C)c1. The van der Waals surface area contributed by atoms with Crippen LogP contribution in [0.3, 0.4) is 0 Å². The van der Waals surface area contributed by atoms with Gasteiger partial charge in [-0.2, -0.15) is 0 Å². The smallest absolute Gasteiger partial charge is 0.146 e. The standard InChI is InChI=1S/C11H17N5/c1-3-16-5-4-10(8-16)6-12-7-11-14-13-9-15(11)2/h4-5,8-9,12H,3,6-7H2,1-2H3. The Morgan fingerprint density at radius 2 is 2.25 bits per heavy atom. The maximum Gasteiger partial charge on any atom is 0.146 e. The fourth-order valence-corrected chi connectivity index (χ4v) is 1.58. The van der Waals surface area contributed by atoms with Crippen LogP contribution in [0.4, 0.5) is 0 Å². The molecule has 0 aliphatic carbocycles. The Balaban J connectivity index is 1.82. The molecule has 0 aromatic carbocycles. The van der Waals surface area contributed by atoms with Crippen molar-refractivity contribution in [3.8, 4) is 0 Å². The summed E-state index contributed by atoms with van der Waals surface area (Å²) in [7, 11) is 1.95. The first-order valence-electron chi connectivity index (χ1n) is 5.48. The third kappa shape index (κ3) is 2.49. The molecule has 0 fully saturated rings. The largest absolute Gasteiger partial charge is 0.354 e. The number of hydrogen-bond donors (Lipinski definition) is 1. The maximum absolute atomic E-state index is 4.01. The van der Waals surface area contributed by atoms with E-state index in [0.29, 0.717) is 0 Å². The summed E-state index contributed by atoms with van der Waals surface area (Å²) in [4.78, 5) is 0. The molecule has 5 nitrogen and oxygen atoms in total. The zero-order chi connectivity index (χ0) is 11.4. The van der Waals surface area contributed by atoms with Crippen molar-refractivity contribution in [1.82, 2.24) is 24.6 Å². The van der Waals surface area contributed by atoms with E-state index in [-0.39, 0.29) is 0 Å². The Morgan fingerprint density at radius 3 is 2.88 bits per heavy atom. The lowest BCUT2D eigenvalue weighted by molar-refractivity contribution is 0.635. The molecule has 0 radical (unpaired) electrons. The lowest BCUT2D eigenvalue weighted by atomic mass is 10.3. The lowest BCUT2D eigenvalue weighted by Gasteiger charge is -2.02. The van der Waals surface area contributed by atoms with Gasteiger partial charge in [-0.05, 0) is 18.6 Å². The molecular weight excluding hydrogens is 202 g/mol. The Hall–Kier alpha value is -1.62. The highest BCUT2D eigenvalue weighted by atomic mass is 15.3. The first kappa shape index (κ1) is 10.9. The molecule has 0 aliphatic rings. The number of rotatable bonds is 5. The van der Waals surface area contributed by atoms with E-state index < -0.39 is 0 Å². The second kappa shape index (κ2) is 4.94. The molecule has 0 amide bonds. The van der Waals surface area contributed by atoms with E-state index >= 15 is 0 Å². The van der Waals surface area contributed by atoms with Crippen LogP contribution >= 0.6 is 0 Å². The minimum absolute atomic E-state index is 0.744. The van der Waals surface area contributed by atoms with Crippen molar-refractivity contribution in [2.75, 3.05) is 0 Å². The van der Waals surface area contributed by atoms with Crippen LogP contribution < -0.4 is 5.32 Å². The lowest BCUT2D eigenvalue weighted by Crippen LogP contribution is -2.15. The molecule has 0 saturated heterocycles. The molecule has 2 rings (SSSR count). The summed E-state index contributed by atoms with van der Waals surface area (Å²) in [5, 5.41) is 11.2. The number of aromatic nitrogens is 4. The summed E-state index contributed by atoms with van der Waals surface area (Å²) < 4.78 is 4.09. The van der Waals surface area contributed by atoms with Crippen molar-refractivity contribution in [3.63, 3.8) is 0 Å². The van der Waals surface area contributed by atoms with Crippen LogP contribution in [0.2, 0.25) is 0 Å². The predicted molar refractivity (Wildman–Crippen MR) is 61.7 cm³/mol. The van der Waals surface area contributed by atoms with Crippen molar-refractivity contribution in [2.45, 2.75) is 26.6 Å². The third-order valence-corrected chi connectivity index (χ3v) is 2.59. The number of nitrogens with one attached hydrogen (secondary N) is 1. The summed E-state index contributed by atoms with van der Waals surface area (Å²) in [5.41, 5.74) is 1.30. The molecule has 0 spiro atoms. The Morgan fingerprint density at radius 1 is 1.38 bits per heavy atom. The predicted octanol–water partition coefficient (Wildman–Crippen LogP) is 0.926. The van der Waals surface area contributed by atoms with Gasteiger partial charge < -0.3 is 14.5 Å². The normalized spacial score (nSPS) is 10.9. The van der Waals surface area contributed by atoms with Crippen LogP contribution in [0.25, 0.3) is 0 Å². The van der Waals surface area contributed by atoms with Crippen molar-refractivity contribution in [3.05, 3.63) is 36.2 Å². The number of hydrogen-bond acceptors (Lipinski definition) is 3. The third-order valence-electron chi connectivity index (χ3n) is 2.59. The van der Waals surface area contributed by atoms with Gasteiger partial charge in [-0.15, -0.1) is 10.2 Å². The first-order valence-corrected chi connectivity index (χ1v) is 5.48. The molecule has 0 unspecified atom stereocenters. The molecule has 2 heterocycles. The molecule has 16 heavy (non-hydrogen) atoms. The van der Waals surface area contributed by atoms with Gasteiger partial charge >= 0.3 is 0 Å². The average Bonchev–Trinajstić information content (AvgIpc) is 2.89. The summed E-state index contributed by atoms with van der Waals surface area (Å²) in [6.45, 7) is 4.76. The quantitative estimate of drug-likeness (QED) is 0.813. The van der Waals surface area contributed by atoms with Gasteiger partial charge in [0.25, 0.3) is 0 Å². The van der Waals surface area contributed by atoms with E-state index in [0.717, 1.165) is 25.5 Å². The molecule has 0 saturated carbocycles. The second-order valence-corrected chi connectivity index (χ2v) is 3.81. The molecule has 2 aromatic heterocycles. The van der Waals surface area contributed by atoms with Crippen molar-refractivity contribution in [1.29, 1.82) is 0 Å². The Bertz CT molecular complexity index is 443. The van der Waals surface area contributed by atoms with E-state index in [1.165, 1.54) is 5.56 Å². The zero-order valence-electron chi connectivity index (χ0n) is 9.72. The molecule has 5 heteroatoms. The van der Waals surface area contributed by atoms with Crippen LogP contribution in [0, 0.1) is 0 Å². The van der Waals surface area contributed by atoms with Crippen LogP contribution in [0.1, 0.15) is 18.3 Å². The molecule has 2 aromatic rings. The molecule has 0 bridgehead atoms. The zero-order valence-corrected chi connectivity index (χ0v) is 9.72. The minimum Gasteiger partial charge on any atom is -0.354 e. The number of aryl methyl sites for hydroxylation is 2. The van der Waals surface area contributed by atoms with Gasteiger partial charge in [0.1, 0.15) is 12.2 Å². The Labute approximate surface area is 95.1 Å². The Kier molecular flexibility index (Phi) is 3.36. The van der Waals surface area contributed by atoms with Crippen LogP contribution in [0.5, 0.6) is 0 Å². The topological polar surface area (TPSA) is 47.7 Å². The molecule has 1 N–H and O–H groups in total. The fourth-order valence-electron chi connectivity index (χ4n) is 1.58. The van der Waals surface area contributed by atoms with Gasteiger partial charge in [0.05, 0.1) is 6.54 Å². The van der Waals surface area contributed by atoms with Crippen LogP contribution in [-0.4, -0.2) is 19.3 Å². The fraction of sp³-hybridized carbons (Fsp3) is 0.455.